The van der Waals surface area contributed by atoms with Gasteiger partial charge in [0.25, 0.3) is 0 Å². The Labute approximate surface area is 298 Å². The van der Waals surface area contributed by atoms with E-state index in [9.17, 15) is 0 Å². The Bertz CT molecular complexity index is 2010. The van der Waals surface area contributed by atoms with Crippen LogP contribution < -0.4 is 15.5 Å². The third kappa shape index (κ3) is 6.45. The van der Waals surface area contributed by atoms with Crippen LogP contribution in [-0.4, -0.2) is 51.9 Å². The minimum absolute atomic E-state index is 0.546. The van der Waals surface area contributed by atoms with Gasteiger partial charge in [0, 0.05) is 71.8 Å². The lowest BCUT2D eigenvalue weighted by atomic mass is 9.83. The number of rotatable bonds is 8. The number of anilines is 5. The van der Waals surface area contributed by atoms with Gasteiger partial charge >= 0.3 is 0 Å². The highest BCUT2D eigenvalue weighted by molar-refractivity contribution is 6.24. The molecule has 0 bridgehead atoms. The summed E-state index contributed by atoms with van der Waals surface area (Å²) in [5, 5.41) is 7.35. The van der Waals surface area contributed by atoms with Crippen molar-refractivity contribution in [2.75, 3.05) is 28.6 Å². The molecule has 254 valence electrons. The van der Waals surface area contributed by atoms with E-state index in [4.69, 9.17) is 9.98 Å². The highest BCUT2D eigenvalue weighted by atomic mass is 15.4. The predicted molar refractivity (Wildman–Crippen MR) is 208 cm³/mol. The van der Waals surface area contributed by atoms with Gasteiger partial charge in [-0.2, -0.15) is 0 Å². The number of nitrogens with zero attached hydrogens (tertiary/aromatic N) is 8. The average molecular weight is 673 g/mol. The molecule has 10 nitrogen and oxygen atoms in total. The summed E-state index contributed by atoms with van der Waals surface area (Å²) in [6.07, 6.45) is 23.1. The molecule has 0 radical (unpaired) electrons. The average Bonchev–Trinajstić information content (AvgIpc) is 3.19. The second-order valence-electron chi connectivity index (χ2n) is 13.7. The molecule has 1 saturated heterocycles. The SMILES string of the molecule is C1=NC2=NC(c3ccc(C4CCCCC4)cc3Nc3ccncc3)=CC3=CC(c4ccc(N5CCCCC5)cc4Nc4ccncc4)=NC(=N1)N32. The van der Waals surface area contributed by atoms with Crippen LogP contribution >= 0.6 is 0 Å². The monoisotopic (exact) mass is 672 g/mol. The van der Waals surface area contributed by atoms with E-state index in [0.717, 1.165) is 64.1 Å². The fourth-order valence-corrected chi connectivity index (χ4v) is 7.70. The van der Waals surface area contributed by atoms with Crippen molar-refractivity contribution in [1.82, 2.24) is 14.9 Å². The first-order valence-electron chi connectivity index (χ1n) is 18.1. The van der Waals surface area contributed by atoms with E-state index in [0.29, 0.717) is 17.8 Å². The number of allylic oxidation sites excluding steroid dienone is 2. The van der Waals surface area contributed by atoms with Crippen LogP contribution in [0.5, 0.6) is 0 Å². The molecule has 4 aliphatic heterocycles. The van der Waals surface area contributed by atoms with Crippen molar-refractivity contribution < 1.29 is 0 Å². The highest BCUT2D eigenvalue weighted by Gasteiger charge is 2.32. The summed E-state index contributed by atoms with van der Waals surface area (Å²) in [5.41, 5.74) is 11.1. The fraction of sp³-hybridized carbons (Fsp3) is 0.268. The first-order chi connectivity index (χ1) is 25.2. The summed E-state index contributed by atoms with van der Waals surface area (Å²) in [6.45, 7) is 2.14. The minimum Gasteiger partial charge on any atom is -0.371 e. The molecule has 6 heterocycles. The van der Waals surface area contributed by atoms with Gasteiger partial charge in [-0.3, -0.25) is 9.97 Å². The van der Waals surface area contributed by atoms with Crippen LogP contribution in [-0.2, 0) is 0 Å². The van der Waals surface area contributed by atoms with Gasteiger partial charge in [0.15, 0.2) is 0 Å². The first kappa shape index (κ1) is 31.1. The summed E-state index contributed by atoms with van der Waals surface area (Å²) in [7, 11) is 0. The van der Waals surface area contributed by atoms with E-state index in [-0.39, 0.29) is 0 Å². The van der Waals surface area contributed by atoms with E-state index in [2.05, 4.69) is 84.0 Å². The molecule has 0 atom stereocenters. The van der Waals surface area contributed by atoms with Gasteiger partial charge in [-0.25, -0.2) is 24.9 Å². The maximum atomic E-state index is 5.07. The second-order valence-corrected chi connectivity index (χ2v) is 13.7. The lowest BCUT2D eigenvalue weighted by molar-refractivity contribution is 0.444. The third-order valence-electron chi connectivity index (χ3n) is 10.3. The number of aromatic nitrogens is 2. The Morgan fingerprint density at radius 1 is 0.627 bits per heavy atom. The number of pyridine rings is 2. The summed E-state index contributed by atoms with van der Waals surface area (Å²) >= 11 is 0. The number of benzene rings is 2. The summed E-state index contributed by atoms with van der Waals surface area (Å²) in [4.78, 5) is 32.2. The molecule has 2 aromatic heterocycles. The topological polar surface area (TPSA) is 106 Å². The zero-order valence-electron chi connectivity index (χ0n) is 28.5. The molecule has 0 unspecified atom stereocenters. The lowest BCUT2D eigenvalue weighted by Gasteiger charge is -2.32. The maximum absolute atomic E-state index is 5.07. The third-order valence-corrected chi connectivity index (χ3v) is 10.3. The van der Waals surface area contributed by atoms with Crippen LogP contribution in [0, 0.1) is 0 Å². The number of piperidine rings is 1. The van der Waals surface area contributed by atoms with Gasteiger partial charge < -0.3 is 15.5 Å². The smallest absolute Gasteiger partial charge is 0.239 e. The quantitative estimate of drug-likeness (QED) is 0.194. The van der Waals surface area contributed by atoms with Crippen molar-refractivity contribution >= 4 is 58.1 Å². The summed E-state index contributed by atoms with van der Waals surface area (Å²) in [6, 6.07) is 21.4. The second kappa shape index (κ2) is 13.8. The van der Waals surface area contributed by atoms with E-state index in [1.165, 1.54) is 62.6 Å². The molecule has 2 aromatic carbocycles. The van der Waals surface area contributed by atoms with Crippen LogP contribution in [0.1, 0.15) is 74.0 Å². The molecule has 1 aliphatic carbocycles. The van der Waals surface area contributed by atoms with Gasteiger partial charge in [-0.1, -0.05) is 31.4 Å². The molecule has 10 heteroatoms. The molecule has 4 aromatic rings. The normalized spacial score (nSPS) is 18.5. The molecular weight excluding hydrogens is 633 g/mol. The molecule has 9 rings (SSSR count). The van der Waals surface area contributed by atoms with Crippen LogP contribution in [0.4, 0.5) is 28.4 Å². The fourth-order valence-electron chi connectivity index (χ4n) is 7.70. The van der Waals surface area contributed by atoms with E-state index in [1.54, 1.807) is 18.7 Å². The number of hydrogen-bond donors (Lipinski definition) is 2. The van der Waals surface area contributed by atoms with Crippen LogP contribution in [0.15, 0.2) is 123 Å². The lowest BCUT2D eigenvalue weighted by Crippen LogP contribution is -2.40. The highest BCUT2D eigenvalue weighted by Crippen LogP contribution is 2.39. The van der Waals surface area contributed by atoms with Crippen molar-refractivity contribution in [3.05, 3.63) is 120 Å². The zero-order chi connectivity index (χ0) is 34.0. The van der Waals surface area contributed by atoms with Crippen molar-refractivity contribution in [2.45, 2.75) is 57.3 Å². The molecule has 51 heavy (non-hydrogen) atoms. The van der Waals surface area contributed by atoms with E-state index >= 15 is 0 Å². The Morgan fingerprint density at radius 3 is 2.06 bits per heavy atom. The predicted octanol–water partition coefficient (Wildman–Crippen LogP) is 8.80. The summed E-state index contributed by atoms with van der Waals surface area (Å²) in [5.74, 6) is 1.67. The summed E-state index contributed by atoms with van der Waals surface area (Å²) < 4.78 is 0. The van der Waals surface area contributed by atoms with E-state index in [1.807, 2.05) is 41.6 Å². The molecule has 2 N–H and O–H groups in total. The van der Waals surface area contributed by atoms with Crippen LogP contribution in [0.2, 0.25) is 0 Å². The van der Waals surface area contributed by atoms with Gasteiger partial charge in [-0.05, 0) is 104 Å². The Hall–Kier alpha value is -5.90. The van der Waals surface area contributed by atoms with Gasteiger partial charge in [0.1, 0.15) is 6.34 Å². The minimum atomic E-state index is 0.546. The zero-order valence-corrected chi connectivity index (χ0v) is 28.5. The molecule has 0 spiro atoms. The molecule has 2 fully saturated rings. The van der Waals surface area contributed by atoms with Crippen LogP contribution in [0.3, 0.4) is 0 Å². The van der Waals surface area contributed by atoms with Crippen LogP contribution in [0.25, 0.3) is 5.70 Å². The molecule has 5 aliphatic rings. The van der Waals surface area contributed by atoms with Crippen molar-refractivity contribution in [2.24, 2.45) is 20.0 Å². The number of aliphatic imine (C=N–C) groups is 4. The van der Waals surface area contributed by atoms with Crippen molar-refractivity contribution in [1.29, 1.82) is 0 Å². The molecule has 0 amide bonds. The largest absolute Gasteiger partial charge is 0.371 e. The Balaban J connectivity index is 1.12. The standard InChI is InChI=1S/C41H40N10/c1-3-7-28(8-4-1)29-9-11-34(36(23-29)46-30-13-17-42-18-14-30)38-25-33-26-39(49-41-45-27-44-40(48-38)51(33)41)35-12-10-32(50-21-5-2-6-22-50)24-37(35)47-31-15-19-43-20-16-31/h9-20,23-28H,1-8,21-22H2,(H,42,46)(H,43,47). The molecule has 1 saturated carbocycles. The number of guanidine groups is 2. The molecular formula is C41H40N10. The first-order valence-corrected chi connectivity index (χ1v) is 18.1. The van der Waals surface area contributed by atoms with E-state index < -0.39 is 0 Å². The van der Waals surface area contributed by atoms with Gasteiger partial charge in [0.05, 0.1) is 22.8 Å². The van der Waals surface area contributed by atoms with Gasteiger partial charge in [-0.15, -0.1) is 0 Å². The number of nitrogens with one attached hydrogen (secondary N) is 2. The van der Waals surface area contributed by atoms with Gasteiger partial charge in [0.2, 0.25) is 11.9 Å². The Kier molecular flexibility index (Phi) is 8.41. The van der Waals surface area contributed by atoms with Crippen molar-refractivity contribution in [3.8, 4) is 0 Å². The maximum Gasteiger partial charge on any atom is 0.239 e. The van der Waals surface area contributed by atoms with Crippen molar-refractivity contribution in [3.63, 3.8) is 0 Å². The Morgan fingerprint density at radius 2 is 1.31 bits per heavy atom. The number of hydrogen-bond acceptors (Lipinski definition) is 10.